The molecule has 11 heavy (non-hydrogen) atoms. The first kappa shape index (κ1) is 22.6. The van der Waals surface area contributed by atoms with Crippen molar-refractivity contribution in [2.75, 3.05) is 6.61 Å². The third-order valence-corrected chi connectivity index (χ3v) is 0.264. The molecule has 0 aliphatic heterocycles. The van der Waals surface area contributed by atoms with E-state index in [-0.39, 0.29) is 41.6 Å². The molecule has 0 bridgehead atoms. The first-order valence-electron chi connectivity index (χ1n) is 2.33. The van der Waals surface area contributed by atoms with Crippen LogP contribution in [0.3, 0.4) is 0 Å². The van der Waals surface area contributed by atoms with Gasteiger partial charge in [-0.05, 0) is 6.92 Å². The predicted molar refractivity (Wildman–Crippen MR) is 33.1 cm³/mol. The van der Waals surface area contributed by atoms with Gasteiger partial charge in [0.25, 0.3) is 0 Å². The monoisotopic (exact) mass is 178 g/mol. The summed E-state index contributed by atoms with van der Waals surface area (Å²) in [4.78, 5) is 0. The molecule has 6 nitrogen and oxygen atoms in total. The molecular weight excluding hydrogens is 166 g/mol. The van der Waals surface area contributed by atoms with E-state index < -0.39 is 13.4 Å². The van der Waals surface area contributed by atoms with Crippen molar-refractivity contribution >= 4 is 7.32 Å². The van der Waals surface area contributed by atoms with Crippen molar-refractivity contribution in [3.8, 4) is 0 Å². The molecule has 0 rings (SSSR count). The van der Waals surface area contributed by atoms with Crippen molar-refractivity contribution in [1.82, 2.24) is 0 Å². The number of hydrogen-bond acceptors (Lipinski definition) is 6. The van der Waals surface area contributed by atoms with Crippen LogP contribution in [0.1, 0.15) is 6.92 Å². The first-order chi connectivity index (χ1) is 4.00. The second kappa shape index (κ2) is 17.1. The number of rotatable bonds is 1. The van der Waals surface area contributed by atoms with Gasteiger partial charge < -0.3 is 30.8 Å². The van der Waals surface area contributed by atoms with Crippen LogP contribution in [0.5, 0.6) is 0 Å². The Bertz CT molecular complexity index is 50.3. The molecule has 8 heteroatoms. The van der Waals surface area contributed by atoms with Gasteiger partial charge >= 0.3 is 36.9 Å². The van der Waals surface area contributed by atoms with Crippen LogP contribution >= 0.6 is 0 Å². The van der Waals surface area contributed by atoms with Gasteiger partial charge in [-0.25, -0.2) is 0 Å². The van der Waals surface area contributed by atoms with Gasteiger partial charge in [-0.2, -0.15) is 0 Å². The Morgan fingerprint density at radius 1 is 1.27 bits per heavy atom. The zero-order valence-electron chi connectivity index (χ0n) is 6.55. The average molecular weight is 178 g/mol. The Morgan fingerprint density at radius 2 is 1.36 bits per heavy atom. The molecule has 0 saturated carbocycles. The Balaban J connectivity index is -0.0000000383. The Morgan fingerprint density at radius 3 is 1.36 bits per heavy atom. The van der Waals surface area contributed by atoms with Crippen molar-refractivity contribution < 1.29 is 60.3 Å². The first-order valence-corrected chi connectivity index (χ1v) is 2.33. The van der Waals surface area contributed by atoms with Crippen LogP contribution in [-0.2, 0) is 0 Å². The second-order valence-electron chi connectivity index (χ2n) is 1.38. The van der Waals surface area contributed by atoms with Gasteiger partial charge in [-0.3, -0.25) is 0 Å². The summed E-state index contributed by atoms with van der Waals surface area (Å²) in [6, 6.07) is 0. The maximum atomic E-state index is 8.11. The van der Waals surface area contributed by atoms with E-state index in [2.05, 4.69) is 0 Å². The van der Waals surface area contributed by atoms with E-state index in [1.54, 1.807) is 0 Å². The Kier molecular flexibility index (Phi) is 35.1. The zero-order valence-corrected chi connectivity index (χ0v) is 8.55. The summed E-state index contributed by atoms with van der Waals surface area (Å²) in [6.45, 7) is 1.39. The molecule has 0 aromatic rings. The van der Waals surface area contributed by atoms with Gasteiger partial charge in [0.05, 0.1) is 12.7 Å². The Labute approximate surface area is 87.3 Å². The fourth-order valence-corrected chi connectivity index (χ4v) is 0. The molecule has 0 aliphatic rings. The molecular formula is C3H12BNaO6. The third kappa shape index (κ3) is 106. The number of aliphatic hydroxyl groups is 2. The van der Waals surface area contributed by atoms with Crippen LogP contribution in [0.2, 0.25) is 0 Å². The van der Waals surface area contributed by atoms with E-state index >= 15 is 0 Å². The molecule has 6 N–H and O–H groups in total. The fraction of sp³-hybridized carbons (Fsp3) is 1.00. The average Bonchev–Trinajstić information content (AvgIpc) is 1.65. The summed E-state index contributed by atoms with van der Waals surface area (Å²) < 4.78 is 0. The summed E-state index contributed by atoms with van der Waals surface area (Å²) in [7, 11) is -2.17. The normalized spacial score (nSPS) is 9.27. The summed E-state index contributed by atoms with van der Waals surface area (Å²) in [6.07, 6.45) is -0.560. The van der Waals surface area contributed by atoms with E-state index in [0.29, 0.717) is 0 Å². The molecule has 0 saturated heterocycles. The molecule has 0 amide bonds. The molecule has 0 aromatic carbocycles. The number of hydrogen-bond donors (Lipinski definition) is 5. The van der Waals surface area contributed by atoms with Crippen LogP contribution in [0.15, 0.2) is 0 Å². The largest absolute Gasteiger partial charge is 1.00 e. The standard InChI is InChI=1S/C3H8O2.BH3O3.Na.H2O/c1-3(5)2-4;2-1(3)4;;/h3-5H,2H2,1H3;2-4H;;1H2/q;;+1;/p-1. The maximum Gasteiger partial charge on any atom is 1.00 e. The van der Waals surface area contributed by atoms with Gasteiger partial charge in [0.15, 0.2) is 0 Å². The fourth-order valence-electron chi connectivity index (χ4n) is 0. The minimum Gasteiger partial charge on any atom is -0.870 e. The van der Waals surface area contributed by atoms with Crippen molar-refractivity contribution in [2.45, 2.75) is 13.0 Å². The molecule has 0 spiro atoms. The number of aliphatic hydroxyl groups excluding tert-OH is 2. The quantitative estimate of drug-likeness (QED) is 0.254. The van der Waals surface area contributed by atoms with Crippen molar-refractivity contribution in [1.29, 1.82) is 0 Å². The maximum absolute atomic E-state index is 8.11. The second-order valence-corrected chi connectivity index (χ2v) is 1.38. The summed E-state index contributed by atoms with van der Waals surface area (Å²) in [5.74, 6) is 0. The van der Waals surface area contributed by atoms with E-state index in [0.717, 1.165) is 0 Å². The van der Waals surface area contributed by atoms with Crippen LogP contribution in [0.25, 0.3) is 0 Å². The van der Waals surface area contributed by atoms with E-state index in [1.165, 1.54) is 6.92 Å². The van der Waals surface area contributed by atoms with Gasteiger partial charge in [0.1, 0.15) is 0 Å². The molecule has 0 fully saturated rings. The van der Waals surface area contributed by atoms with Gasteiger partial charge in [-0.1, -0.05) is 0 Å². The van der Waals surface area contributed by atoms with Crippen LogP contribution in [0.4, 0.5) is 0 Å². The molecule has 1 atom stereocenters. The summed E-state index contributed by atoms with van der Waals surface area (Å²) >= 11 is 0. The van der Waals surface area contributed by atoms with Crippen molar-refractivity contribution in [2.24, 2.45) is 0 Å². The van der Waals surface area contributed by atoms with E-state index in [4.69, 9.17) is 25.3 Å². The molecule has 64 valence electrons. The molecule has 0 heterocycles. The minimum atomic E-state index is -2.17. The predicted octanol–water partition coefficient (Wildman–Crippen LogP) is -5.87. The summed E-state index contributed by atoms with van der Waals surface area (Å²) in [5.41, 5.74) is 0. The van der Waals surface area contributed by atoms with Gasteiger partial charge in [0, 0.05) is 0 Å². The third-order valence-electron chi connectivity index (χ3n) is 0.264. The van der Waals surface area contributed by atoms with E-state index in [1.807, 2.05) is 0 Å². The van der Waals surface area contributed by atoms with Crippen LogP contribution < -0.4 is 29.6 Å². The van der Waals surface area contributed by atoms with Crippen molar-refractivity contribution in [3.05, 3.63) is 0 Å². The zero-order chi connectivity index (χ0) is 7.86. The molecule has 0 aliphatic carbocycles. The van der Waals surface area contributed by atoms with E-state index in [9.17, 15) is 0 Å². The molecule has 0 aromatic heterocycles. The van der Waals surface area contributed by atoms with Crippen LogP contribution in [-0.4, -0.2) is 50.8 Å². The van der Waals surface area contributed by atoms with Gasteiger partial charge in [0.2, 0.25) is 0 Å². The van der Waals surface area contributed by atoms with Gasteiger partial charge in [-0.15, -0.1) is 0 Å². The summed E-state index contributed by atoms with van der Waals surface area (Å²) in [5, 5.41) is 37.5. The Hall–Kier alpha value is 0.825. The smallest absolute Gasteiger partial charge is 0.870 e. The molecule has 1 unspecified atom stereocenters. The topological polar surface area (TPSA) is 131 Å². The van der Waals surface area contributed by atoms with Crippen LogP contribution in [0, 0.1) is 0 Å². The minimum absolute atomic E-state index is 0. The van der Waals surface area contributed by atoms with Crippen molar-refractivity contribution in [3.63, 3.8) is 0 Å². The molecule has 0 radical (unpaired) electrons. The SMILES string of the molecule is CC(O)CO.OB(O)O.[Na+].[OH-].